The summed E-state index contributed by atoms with van der Waals surface area (Å²) in [7, 11) is 0. The van der Waals surface area contributed by atoms with Crippen molar-refractivity contribution in [3.05, 3.63) is 22.7 Å². The van der Waals surface area contributed by atoms with Crippen LogP contribution in [0.2, 0.25) is 0 Å². The van der Waals surface area contributed by atoms with Crippen molar-refractivity contribution in [1.82, 2.24) is 9.55 Å². The van der Waals surface area contributed by atoms with Crippen molar-refractivity contribution in [3.63, 3.8) is 0 Å². The summed E-state index contributed by atoms with van der Waals surface area (Å²) in [5, 5.41) is 12.3. The number of aliphatic carboxylic acids is 1. The van der Waals surface area contributed by atoms with Crippen molar-refractivity contribution in [2.24, 2.45) is 0 Å². The average molecular weight is 279 g/mol. The average Bonchev–Trinajstić information content (AvgIpc) is 2.80. The van der Waals surface area contributed by atoms with Gasteiger partial charge in [-0.15, -0.1) is 0 Å². The summed E-state index contributed by atoms with van der Waals surface area (Å²) in [4.78, 5) is 28.0. The molecule has 0 aromatic carbocycles. The second-order valence-corrected chi connectivity index (χ2v) is 6.34. The Kier molecular flexibility index (Phi) is 3.58. The van der Waals surface area contributed by atoms with Crippen molar-refractivity contribution < 1.29 is 9.90 Å². The van der Waals surface area contributed by atoms with Crippen molar-refractivity contribution in [2.75, 3.05) is 5.32 Å². The molecule has 6 nitrogen and oxygen atoms in total. The van der Waals surface area contributed by atoms with Crippen LogP contribution in [-0.2, 0) is 10.3 Å². The van der Waals surface area contributed by atoms with Crippen LogP contribution in [0, 0.1) is 0 Å². The lowest BCUT2D eigenvalue weighted by Crippen LogP contribution is -2.46. The fraction of sp³-hybridized carbons (Fsp3) is 0.643. The Labute approximate surface area is 117 Å². The number of nitrogens with zero attached hydrogens (tertiary/aromatic N) is 2. The van der Waals surface area contributed by atoms with Crippen LogP contribution in [0.3, 0.4) is 0 Å². The number of nitrogens with one attached hydrogen (secondary N) is 1. The van der Waals surface area contributed by atoms with E-state index in [1.807, 2.05) is 20.8 Å². The lowest BCUT2D eigenvalue weighted by Gasteiger charge is -2.27. The SMILES string of the molecule is CC(C)(C)n1ccnc(NC2(C(=O)O)CCCC2)c1=O. The number of hydrogen-bond donors (Lipinski definition) is 2. The van der Waals surface area contributed by atoms with Gasteiger partial charge in [-0.3, -0.25) is 4.79 Å². The summed E-state index contributed by atoms with van der Waals surface area (Å²) in [6.07, 6.45) is 5.88. The molecule has 6 heteroatoms. The summed E-state index contributed by atoms with van der Waals surface area (Å²) in [6, 6.07) is 0. The van der Waals surface area contributed by atoms with E-state index in [9.17, 15) is 14.7 Å². The predicted octanol–water partition coefficient (Wildman–Crippen LogP) is 1.81. The van der Waals surface area contributed by atoms with Crippen LogP contribution in [0.25, 0.3) is 0 Å². The fourth-order valence-corrected chi connectivity index (χ4v) is 2.62. The third-order valence-electron chi connectivity index (χ3n) is 3.79. The van der Waals surface area contributed by atoms with Gasteiger partial charge in [0.25, 0.3) is 5.56 Å². The molecule has 0 saturated heterocycles. The Hall–Kier alpha value is -1.85. The molecule has 0 bridgehead atoms. The Morgan fingerprint density at radius 3 is 2.50 bits per heavy atom. The molecule has 1 fully saturated rings. The quantitative estimate of drug-likeness (QED) is 0.881. The van der Waals surface area contributed by atoms with Crippen LogP contribution < -0.4 is 10.9 Å². The van der Waals surface area contributed by atoms with Gasteiger partial charge >= 0.3 is 5.97 Å². The molecule has 0 amide bonds. The molecular formula is C14H21N3O3. The zero-order chi connectivity index (χ0) is 15.0. The second-order valence-electron chi connectivity index (χ2n) is 6.34. The summed E-state index contributed by atoms with van der Waals surface area (Å²) in [5.74, 6) is -0.797. The molecule has 20 heavy (non-hydrogen) atoms. The Balaban J connectivity index is 2.40. The largest absolute Gasteiger partial charge is 0.480 e. The standard InChI is InChI=1S/C14H21N3O3/c1-13(2,3)17-9-8-15-10(11(17)18)16-14(12(19)20)6-4-5-7-14/h8-9H,4-7H2,1-3H3,(H,15,16)(H,19,20). The van der Waals surface area contributed by atoms with Gasteiger partial charge in [-0.1, -0.05) is 12.8 Å². The van der Waals surface area contributed by atoms with Gasteiger partial charge in [-0.25, -0.2) is 9.78 Å². The number of carboxylic acid groups (broad SMARTS) is 1. The minimum Gasteiger partial charge on any atom is -0.480 e. The Morgan fingerprint density at radius 2 is 2.00 bits per heavy atom. The molecule has 2 rings (SSSR count). The minimum atomic E-state index is -1.05. The van der Waals surface area contributed by atoms with Crippen LogP contribution in [0.15, 0.2) is 17.2 Å². The molecule has 1 aliphatic carbocycles. The maximum Gasteiger partial charge on any atom is 0.329 e. The monoisotopic (exact) mass is 279 g/mol. The number of hydrogen-bond acceptors (Lipinski definition) is 4. The fourth-order valence-electron chi connectivity index (χ4n) is 2.62. The minimum absolute atomic E-state index is 0.117. The van der Waals surface area contributed by atoms with E-state index in [0.29, 0.717) is 12.8 Å². The van der Waals surface area contributed by atoms with Crippen LogP contribution in [0.5, 0.6) is 0 Å². The third kappa shape index (κ3) is 2.55. The molecule has 0 atom stereocenters. The summed E-state index contributed by atoms with van der Waals surface area (Å²) in [5.41, 5.74) is -1.71. The van der Waals surface area contributed by atoms with Crippen molar-refractivity contribution >= 4 is 11.8 Å². The number of rotatable bonds is 3. The third-order valence-corrected chi connectivity index (χ3v) is 3.79. The lowest BCUT2D eigenvalue weighted by atomic mass is 9.98. The zero-order valence-corrected chi connectivity index (χ0v) is 12.1. The molecule has 1 aromatic heterocycles. The van der Waals surface area contributed by atoms with E-state index in [1.165, 1.54) is 6.20 Å². The normalized spacial score (nSPS) is 17.9. The van der Waals surface area contributed by atoms with Crippen LogP contribution in [0.1, 0.15) is 46.5 Å². The van der Waals surface area contributed by atoms with Gasteiger partial charge in [0, 0.05) is 17.9 Å². The van der Waals surface area contributed by atoms with E-state index in [0.717, 1.165) is 12.8 Å². The first kappa shape index (κ1) is 14.6. The topological polar surface area (TPSA) is 84.2 Å². The number of anilines is 1. The van der Waals surface area contributed by atoms with Gasteiger partial charge < -0.3 is 15.0 Å². The molecule has 1 aliphatic rings. The number of aromatic nitrogens is 2. The molecule has 0 spiro atoms. The highest BCUT2D eigenvalue weighted by molar-refractivity contribution is 5.82. The molecule has 0 radical (unpaired) electrons. The van der Waals surface area contributed by atoms with Gasteiger partial charge in [0.05, 0.1) is 0 Å². The summed E-state index contributed by atoms with van der Waals surface area (Å²) in [6.45, 7) is 5.75. The Bertz CT molecular complexity index is 566. The lowest BCUT2D eigenvalue weighted by molar-refractivity contribution is -0.142. The predicted molar refractivity (Wildman–Crippen MR) is 76.0 cm³/mol. The molecule has 1 saturated carbocycles. The van der Waals surface area contributed by atoms with E-state index in [-0.39, 0.29) is 16.9 Å². The van der Waals surface area contributed by atoms with Gasteiger partial charge in [0.15, 0.2) is 5.82 Å². The zero-order valence-electron chi connectivity index (χ0n) is 12.1. The maximum atomic E-state index is 12.4. The first-order valence-electron chi connectivity index (χ1n) is 6.86. The molecule has 2 N–H and O–H groups in total. The van der Waals surface area contributed by atoms with Gasteiger partial charge in [0.2, 0.25) is 0 Å². The summed E-state index contributed by atoms with van der Waals surface area (Å²) < 4.78 is 1.56. The van der Waals surface area contributed by atoms with Crippen molar-refractivity contribution in [1.29, 1.82) is 0 Å². The van der Waals surface area contributed by atoms with Crippen LogP contribution in [0.4, 0.5) is 5.82 Å². The van der Waals surface area contributed by atoms with E-state index in [1.54, 1.807) is 10.8 Å². The number of carbonyl (C=O) groups is 1. The summed E-state index contributed by atoms with van der Waals surface area (Å²) >= 11 is 0. The highest BCUT2D eigenvalue weighted by atomic mass is 16.4. The Morgan fingerprint density at radius 1 is 1.40 bits per heavy atom. The number of carboxylic acids is 1. The van der Waals surface area contributed by atoms with Crippen molar-refractivity contribution in [2.45, 2.75) is 57.5 Å². The highest BCUT2D eigenvalue weighted by Gasteiger charge is 2.42. The van der Waals surface area contributed by atoms with E-state index in [4.69, 9.17) is 0 Å². The molecule has 0 aliphatic heterocycles. The van der Waals surface area contributed by atoms with Gasteiger partial charge in [-0.2, -0.15) is 0 Å². The molecule has 1 heterocycles. The molecule has 110 valence electrons. The van der Waals surface area contributed by atoms with Gasteiger partial charge in [-0.05, 0) is 33.6 Å². The van der Waals surface area contributed by atoms with E-state index in [2.05, 4.69) is 10.3 Å². The van der Waals surface area contributed by atoms with Gasteiger partial charge in [0.1, 0.15) is 5.54 Å². The van der Waals surface area contributed by atoms with Crippen molar-refractivity contribution in [3.8, 4) is 0 Å². The first-order chi connectivity index (χ1) is 9.26. The second kappa shape index (κ2) is 4.92. The smallest absolute Gasteiger partial charge is 0.329 e. The molecular weight excluding hydrogens is 258 g/mol. The van der Waals surface area contributed by atoms with Crippen LogP contribution in [-0.4, -0.2) is 26.2 Å². The van der Waals surface area contributed by atoms with E-state index >= 15 is 0 Å². The maximum absolute atomic E-state index is 12.4. The molecule has 1 aromatic rings. The highest BCUT2D eigenvalue weighted by Crippen LogP contribution is 2.32. The first-order valence-corrected chi connectivity index (χ1v) is 6.86. The van der Waals surface area contributed by atoms with Crippen LogP contribution >= 0.6 is 0 Å². The van der Waals surface area contributed by atoms with E-state index < -0.39 is 11.5 Å². The molecule has 0 unspecified atom stereocenters.